The second-order valence-electron chi connectivity index (χ2n) is 4.78. The maximum Gasteiger partial charge on any atom is -0.0391 e. The van der Waals surface area contributed by atoms with Gasteiger partial charge in [0.1, 0.15) is 0 Å². The Morgan fingerprint density at radius 2 is 1.50 bits per heavy atom. The van der Waals surface area contributed by atoms with Crippen LogP contribution >= 0.6 is 0 Å². The molecular weight excluding hydrogens is 168 g/mol. The Labute approximate surface area is 91.5 Å². The normalized spacial score (nSPS) is 26.6. The molecule has 1 rings (SSSR count). The molecule has 0 heterocycles. The zero-order chi connectivity index (χ0) is 10.8. The van der Waals surface area contributed by atoms with E-state index in [2.05, 4.69) is 27.7 Å². The van der Waals surface area contributed by atoms with Gasteiger partial charge in [0.15, 0.2) is 0 Å². The van der Waals surface area contributed by atoms with Gasteiger partial charge in [0, 0.05) is 0 Å². The Bertz CT molecular complexity index is 105. The molecule has 1 fully saturated rings. The van der Waals surface area contributed by atoms with E-state index in [4.69, 9.17) is 0 Å². The minimum absolute atomic E-state index is 1.02. The van der Waals surface area contributed by atoms with Crippen molar-refractivity contribution in [3.05, 3.63) is 0 Å². The van der Waals surface area contributed by atoms with Crippen LogP contribution in [-0.4, -0.2) is 0 Å². The monoisotopic (exact) mass is 198 g/mol. The average molecular weight is 198 g/mol. The Hall–Kier alpha value is 0. The summed E-state index contributed by atoms with van der Waals surface area (Å²) in [5, 5.41) is 0. The summed E-state index contributed by atoms with van der Waals surface area (Å²) in [6.07, 6.45) is 11.4. The third-order valence-corrected chi connectivity index (χ3v) is 3.52. The van der Waals surface area contributed by atoms with Gasteiger partial charge in [0.25, 0.3) is 0 Å². The average Bonchev–Trinajstić information content (AvgIpc) is 2.21. The summed E-state index contributed by atoms with van der Waals surface area (Å²) in [7, 11) is 0. The van der Waals surface area contributed by atoms with Crippen molar-refractivity contribution in [2.24, 2.45) is 11.8 Å². The quantitative estimate of drug-likeness (QED) is 0.568. The first-order chi connectivity index (χ1) is 6.76. The van der Waals surface area contributed by atoms with Crippen molar-refractivity contribution in [3.8, 4) is 0 Å². The zero-order valence-electron chi connectivity index (χ0n) is 10.8. The highest BCUT2D eigenvalue weighted by molar-refractivity contribution is 4.70. The van der Waals surface area contributed by atoms with Crippen LogP contribution in [-0.2, 0) is 0 Å². The maximum absolute atomic E-state index is 2.41. The summed E-state index contributed by atoms with van der Waals surface area (Å²) in [4.78, 5) is 0. The molecule has 1 aliphatic rings. The molecule has 0 nitrogen and oxygen atoms in total. The second kappa shape index (κ2) is 9.55. The van der Waals surface area contributed by atoms with Gasteiger partial charge in [0.2, 0.25) is 0 Å². The SMILES string of the molecule is CCC1CCCC[C@@H]1C.CCCCC. The fraction of sp³-hybridized carbons (Fsp3) is 1.00. The van der Waals surface area contributed by atoms with Crippen LogP contribution in [0.2, 0.25) is 0 Å². The topological polar surface area (TPSA) is 0 Å². The standard InChI is InChI=1S/C9H18.C5H12/c1-3-9-7-5-4-6-8(9)2;1-3-5-4-2/h8-9H,3-7H2,1-2H3;3-5H2,1-2H3/t8-,9?;/m0./s1. The molecule has 0 N–H and O–H groups in total. The lowest BCUT2D eigenvalue weighted by atomic mass is 9.79. The van der Waals surface area contributed by atoms with Crippen molar-refractivity contribution in [2.45, 2.75) is 79.1 Å². The zero-order valence-corrected chi connectivity index (χ0v) is 10.8. The van der Waals surface area contributed by atoms with Crippen molar-refractivity contribution in [1.29, 1.82) is 0 Å². The van der Waals surface area contributed by atoms with E-state index >= 15 is 0 Å². The van der Waals surface area contributed by atoms with Crippen molar-refractivity contribution in [3.63, 3.8) is 0 Å². The predicted octanol–water partition coefficient (Wildman–Crippen LogP) is 5.42. The smallest absolute Gasteiger partial charge is 0.0391 e. The molecule has 0 radical (unpaired) electrons. The van der Waals surface area contributed by atoms with Crippen LogP contribution in [0.25, 0.3) is 0 Å². The van der Waals surface area contributed by atoms with Gasteiger partial charge in [-0.2, -0.15) is 0 Å². The molecule has 1 aliphatic carbocycles. The van der Waals surface area contributed by atoms with Gasteiger partial charge in [-0.3, -0.25) is 0 Å². The molecule has 0 spiro atoms. The van der Waals surface area contributed by atoms with Crippen LogP contribution in [0.4, 0.5) is 0 Å². The summed E-state index contributed by atoms with van der Waals surface area (Å²) in [5.74, 6) is 2.07. The van der Waals surface area contributed by atoms with Gasteiger partial charge in [-0.25, -0.2) is 0 Å². The van der Waals surface area contributed by atoms with E-state index in [1.165, 1.54) is 51.4 Å². The highest BCUT2D eigenvalue weighted by Gasteiger charge is 2.18. The first-order valence-corrected chi connectivity index (χ1v) is 6.76. The third-order valence-electron chi connectivity index (χ3n) is 3.52. The molecule has 1 saturated carbocycles. The van der Waals surface area contributed by atoms with Gasteiger partial charge in [-0.1, -0.05) is 79.1 Å². The van der Waals surface area contributed by atoms with Gasteiger partial charge in [-0.15, -0.1) is 0 Å². The summed E-state index contributed by atoms with van der Waals surface area (Å²) < 4.78 is 0. The fourth-order valence-corrected chi connectivity index (χ4v) is 2.35. The molecule has 0 aromatic carbocycles. The second-order valence-corrected chi connectivity index (χ2v) is 4.78. The largest absolute Gasteiger partial charge is 0.0654 e. The van der Waals surface area contributed by atoms with Gasteiger partial charge >= 0.3 is 0 Å². The Kier molecular flexibility index (Phi) is 9.55. The highest BCUT2D eigenvalue weighted by Crippen LogP contribution is 2.31. The lowest BCUT2D eigenvalue weighted by molar-refractivity contribution is 0.249. The van der Waals surface area contributed by atoms with Gasteiger partial charge in [0.05, 0.1) is 0 Å². The highest BCUT2D eigenvalue weighted by atomic mass is 14.2. The molecule has 0 saturated heterocycles. The number of rotatable bonds is 3. The summed E-state index contributed by atoms with van der Waals surface area (Å²) >= 11 is 0. The van der Waals surface area contributed by atoms with Crippen LogP contribution in [0.15, 0.2) is 0 Å². The van der Waals surface area contributed by atoms with E-state index in [0.29, 0.717) is 0 Å². The minimum atomic E-state index is 1.02. The molecule has 0 aromatic heterocycles. The molecule has 86 valence electrons. The molecule has 0 aromatic rings. The first-order valence-electron chi connectivity index (χ1n) is 6.76. The summed E-state index contributed by atoms with van der Waals surface area (Å²) in [5.41, 5.74) is 0. The maximum atomic E-state index is 2.41. The number of unbranched alkanes of at least 4 members (excludes halogenated alkanes) is 2. The first kappa shape index (κ1) is 14.0. The lowest BCUT2D eigenvalue weighted by Crippen LogP contribution is -2.15. The van der Waals surface area contributed by atoms with Crippen LogP contribution in [0.3, 0.4) is 0 Å². The van der Waals surface area contributed by atoms with Crippen LogP contribution in [0, 0.1) is 11.8 Å². The number of hydrogen-bond acceptors (Lipinski definition) is 0. The minimum Gasteiger partial charge on any atom is -0.0654 e. The Morgan fingerprint density at radius 1 is 0.929 bits per heavy atom. The summed E-state index contributed by atoms with van der Waals surface area (Å²) in [6.45, 7) is 9.16. The Balaban J connectivity index is 0.000000292. The predicted molar refractivity (Wildman–Crippen MR) is 66.6 cm³/mol. The Morgan fingerprint density at radius 3 is 1.79 bits per heavy atom. The van der Waals surface area contributed by atoms with Crippen molar-refractivity contribution in [2.75, 3.05) is 0 Å². The van der Waals surface area contributed by atoms with Crippen LogP contribution in [0.1, 0.15) is 79.1 Å². The van der Waals surface area contributed by atoms with E-state index in [9.17, 15) is 0 Å². The third kappa shape index (κ3) is 6.45. The molecule has 2 atom stereocenters. The molecule has 14 heavy (non-hydrogen) atoms. The van der Waals surface area contributed by atoms with E-state index in [-0.39, 0.29) is 0 Å². The van der Waals surface area contributed by atoms with Crippen molar-refractivity contribution >= 4 is 0 Å². The van der Waals surface area contributed by atoms with E-state index in [0.717, 1.165) is 11.8 Å². The molecule has 0 amide bonds. The van der Waals surface area contributed by atoms with E-state index < -0.39 is 0 Å². The van der Waals surface area contributed by atoms with Gasteiger partial charge in [-0.05, 0) is 11.8 Å². The molecule has 0 aliphatic heterocycles. The lowest BCUT2D eigenvalue weighted by Gasteiger charge is -2.27. The molecule has 0 bridgehead atoms. The fourth-order valence-electron chi connectivity index (χ4n) is 2.35. The summed E-state index contributed by atoms with van der Waals surface area (Å²) in [6, 6.07) is 0. The van der Waals surface area contributed by atoms with Crippen molar-refractivity contribution in [1.82, 2.24) is 0 Å². The van der Waals surface area contributed by atoms with Gasteiger partial charge < -0.3 is 0 Å². The van der Waals surface area contributed by atoms with E-state index in [1.54, 1.807) is 0 Å². The molecule has 0 heteroatoms. The van der Waals surface area contributed by atoms with Crippen LogP contribution < -0.4 is 0 Å². The van der Waals surface area contributed by atoms with E-state index in [1.807, 2.05) is 0 Å². The van der Waals surface area contributed by atoms with Crippen LogP contribution in [0.5, 0.6) is 0 Å². The molecule has 1 unspecified atom stereocenters. The van der Waals surface area contributed by atoms with Crippen molar-refractivity contribution < 1.29 is 0 Å². The number of hydrogen-bond donors (Lipinski definition) is 0. The molecular formula is C14H30.